The van der Waals surface area contributed by atoms with Gasteiger partial charge in [-0.3, -0.25) is 9.13 Å². The predicted octanol–water partition coefficient (Wildman–Crippen LogP) is 5.19. The Morgan fingerprint density at radius 1 is 0.571 bits per heavy atom. The highest BCUT2D eigenvalue weighted by Crippen LogP contribution is 2.69. The fraction of sp³-hybridized carbons (Fsp3) is 0.923. The zero-order valence-corrected chi connectivity index (χ0v) is 16.0. The van der Waals surface area contributed by atoms with Gasteiger partial charge in [-0.15, -0.1) is 0 Å². The van der Waals surface area contributed by atoms with Gasteiger partial charge in [0.15, 0.2) is 15.2 Å². The average molecular weight is 343 g/mol. The molecule has 0 atom stereocenters. The molecule has 0 saturated heterocycles. The zero-order valence-electron chi connectivity index (χ0n) is 14.2. The normalized spacial score (nSPS) is 13.9. The van der Waals surface area contributed by atoms with Crippen LogP contribution in [0.2, 0.25) is 0 Å². The summed E-state index contributed by atoms with van der Waals surface area (Å²) in [7, 11) is -7.41. The van der Waals surface area contributed by atoms with E-state index in [1.54, 1.807) is 55.4 Å². The first-order valence-electron chi connectivity index (χ1n) is 7.17. The molecule has 0 saturated carbocycles. The summed E-state index contributed by atoms with van der Waals surface area (Å²) >= 11 is 0. The van der Waals surface area contributed by atoms with E-state index in [1.165, 1.54) is 0 Å². The van der Waals surface area contributed by atoms with E-state index in [2.05, 4.69) is 0 Å². The zero-order chi connectivity index (χ0) is 16.8. The van der Waals surface area contributed by atoms with E-state index in [-0.39, 0.29) is 24.4 Å². The lowest BCUT2D eigenvalue weighted by Gasteiger charge is -2.36. The van der Waals surface area contributed by atoms with Crippen molar-refractivity contribution < 1.29 is 27.2 Å². The standard InChI is InChI=1S/C13H29O6P2/c1-10(2)16-20(14,17-11(3)4)9-21(15,18-12(5)6)19-13(7)8/h9-13H,1-8H3/q-1. The summed E-state index contributed by atoms with van der Waals surface area (Å²) in [6.07, 6.45) is -1.40. The van der Waals surface area contributed by atoms with Gasteiger partial charge < -0.3 is 18.1 Å². The van der Waals surface area contributed by atoms with Crippen LogP contribution in [0.1, 0.15) is 55.4 Å². The Balaban J connectivity index is 5.29. The van der Waals surface area contributed by atoms with E-state index in [0.29, 0.717) is 0 Å². The van der Waals surface area contributed by atoms with Gasteiger partial charge in [0, 0.05) is 0 Å². The lowest BCUT2D eigenvalue weighted by Crippen LogP contribution is -2.12. The molecule has 0 aromatic heterocycles. The van der Waals surface area contributed by atoms with Crippen LogP contribution in [0.25, 0.3) is 0 Å². The summed E-state index contributed by atoms with van der Waals surface area (Å²) < 4.78 is 47.0. The van der Waals surface area contributed by atoms with E-state index in [4.69, 9.17) is 18.1 Å². The van der Waals surface area contributed by atoms with Crippen molar-refractivity contribution in [2.45, 2.75) is 79.8 Å². The molecule has 0 N–H and O–H groups in total. The van der Waals surface area contributed by atoms with Crippen LogP contribution in [0.3, 0.4) is 0 Å². The fourth-order valence-corrected chi connectivity index (χ4v) is 6.21. The number of hydrogen-bond acceptors (Lipinski definition) is 6. The number of hydrogen-bond donors (Lipinski definition) is 0. The SMILES string of the molecule is CC(C)OP(=O)([CH-]P(=O)(OC(C)C)OC(C)C)OC(C)C. The van der Waals surface area contributed by atoms with Crippen LogP contribution >= 0.6 is 15.2 Å². The molecular weight excluding hydrogens is 314 g/mol. The Labute approximate surface area is 128 Å². The first kappa shape index (κ1) is 21.3. The summed E-state index contributed by atoms with van der Waals surface area (Å²) in [6, 6.07) is 0. The molecule has 0 aliphatic heterocycles. The molecule has 0 heterocycles. The maximum absolute atomic E-state index is 12.8. The Morgan fingerprint density at radius 2 is 0.762 bits per heavy atom. The monoisotopic (exact) mass is 343 g/mol. The lowest BCUT2D eigenvalue weighted by molar-refractivity contribution is 0.136. The summed E-state index contributed by atoms with van der Waals surface area (Å²) in [5, 5.41) is 0. The molecular formula is C13H29O6P2-. The van der Waals surface area contributed by atoms with Gasteiger partial charge in [0.2, 0.25) is 0 Å². The largest absolute Gasteiger partial charge is 0.328 e. The lowest BCUT2D eigenvalue weighted by atomic mass is 10.5. The Hall–Kier alpha value is 0.300. The highest BCUT2D eigenvalue weighted by atomic mass is 31.2. The molecule has 6 nitrogen and oxygen atoms in total. The average Bonchev–Trinajstić information content (AvgIpc) is 2.07. The third-order valence-electron chi connectivity index (χ3n) is 1.71. The van der Waals surface area contributed by atoms with Gasteiger partial charge >= 0.3 is 0 Å². The van der Waals surface area contributed by atoms with Gasteiger partial charge in [0.05, 0.1) is 24.4 Å². The van der Waals surface area contributed by atoms with Crippen molar-refractivity contribution in [1.29, 1.82) is 0 Å². The molecule has 0 aromatic carbocycles. The van der Waals surface area contributed by atoms with Crippen LogP contribution in [0.4, 0.5) is 0 Å². The Bertz CT molecular complexity index is 328. The van der Waals surface area contributed by atoms with E-state index >= 15 is 0 Å². The second-order valence-electron chi connectivity index (χ2n) is 5.81. The second-order valence-corrected chi connectivity index (χ2v) is 9.74. The van der Waals surface area contributed by atoms with Crippen molar-refractivity contribution in [3.63, 3.8) is 0 Å². The van der Waals surface area contributed by atoms with Crippen molar-refractivity contribution in [2.24, 2.45) is 0 Å². The summed E-state index contributed by atoms with van der Waals surface area (Å²) in [5.41, 5.74) is 0. The van der Waals surface area contributed by atoms with Gasteiger partial charge in [0.1, 0.15) is 0 Å². The quantitative estimate of drug-likeness (QED) is 0.401. The molecule has 0 bridgehead atoms. The number of rotatable bonds is 10. The van der Waals surface area contributed by atoms with Gasteiger partial charge in [-0.05, 0) is 55.4 Å². The maximum Gasteiger partial charge on any atom is 0.199 e. The molecule has 0 fully saturated rings. The van der Waals surface area contributed by atoms with Crippen LogP contribution in [0.5, 0.6) is 0 Å². The third kappa shape index (κ3) is 9.83. The Kier molecular flexibility index (Phi) is 8.93. The summed E-state index contributed by atoms with van der Waals surface area (Å²) in [4.78, 5) is 0. The van der Waals surface area contributed by atoms with Gasteiger partial charge in [-0.25, -0.2) is 0 Å². The minimum Gasteiger partial charge on any atom is -0.328 e. The van der Waals surface area contributed by atoms with Crippen LogP contribution in [-0.2, 0) is 27.2 Å². The van der Waals surface area contributed by atoms with Crippen molar-refractivity contribution in [3.05, 3.63) is 5.90 Å². The molecule has 0 aliphatic rings. The van der Waals surface area contributed by atoms with Crippen LogP contribution in [0, 0.1) is 5.90 Å². The Morgan fingerprint density at radius 3 is 0.905 bits per heavy atom. The molecule has 0 aliphatic carbocycles. The minimum atomic E-state index is -3.70. The van der Waals surface area contributed by atoms with Gasteiger partial charge in [-0.2, -0.15) is 0 Å². The van der Waals surface area contributed by atoms with E-state index in [1.807, 2.05) is 0 Å². The first-order chi connectivity index (χ1) is 9.37. The molecule has 0 unspecified atom stereocenters. The van der Waals surface area contributed by atoms with E-state index in [9.17, 15) is 9.13 Å². The summed E-state index contributed by atoms with van der Waals surface area (Å²) in [6.45, 7) is 13.8. The highest BCUT2D eigenvalue weighted by Gasteiger charge is 2.30. The first-order valence-corrected chi connectivity index (χ1v) is 10.4. The van der Waals surface area contributed by atoms with Gasteiger partial charge in [-0.1, -0.05) is 5.90 Å². The fourth-order valence-electron chi connectivity index (χ4n) is 1.51. The van der Waals surface area contributed by atoms with Crippen molar-refractivity contribution >= 4 is 15.2 Å². The van der Waals surface area contributed by atoms with Gasteiger partial charge in [0.25, 0.3) is 0 Å². The minimum absolute atomic E-state index is 0.350. The molecule has 0 spiro atoms. The van der Waals surface area contributed by atoms with Crippen molar-refractivity contribution in [1.82, 2.24) is 0 Å². The molecule has 0 radical (unpaired) electrons. The van der Waals surface area contributed by atoms with E-state index in [0.717, 1.165) is 5.90 Å². The molecule has 8 heteroatoms. The molecule has 0 amide bonds. The predicted molar refractivity (Wildman–Crippen MR) is 84.4 cm³/mol. The smallest absolute Gasteiger partial charge is 0.199 e. The van der Waals surface area contributed by atoms with Crippen LogP contribution in [-0.4, -0.2) is 24.4 Å². The topological polar surface area (TPSA) is 71.1 Å². The second kappa shape index (κ2) is 8.81. The van der Waals surface area contributed by atoms with Crippen LogP contribution < -0.4 is 0 Å². The van der Waals surface area contributed by atoms with Crippen LogP contribution in [0.15, 0.2) is 0 Å². The van der Waals surface area contributed by atoms with Crippen molar-refractivity contribution in [2.75, 3.05) is 0 Å². The molecule has 128 valence electrons. The van der Waals surface area contributed by atoms with Crippen molar-refractivity contribution in [3.8, 4) is 0 Å². The van der Waals surface area contributed by atoms with E-state index < -0.39 is 15.2 Å². The molecule has 0 rings (SSSR count). The summed E-state index contributed by atoms with van der Waals surface area (Å²) in [5.74, 6) is 0.986. The molecule has 0 aromatic rings. The maximum atomic E-state index is 12.8. The molecule has 21 heavy (non-hydrogen) atoms. The highest BCUT2D eigenvalue weighted by molar-refractivity contribution is 7.75. The third-order valence-corrected chi connectivity index (χ3v) is 6.84.